The summed E-state index contributed by atoms with van der Waals surface area (Å²) in [4.78, 5) is 1.63. The molecule has 0 heterocycles. The van der Waals surface area contributed by atoms with Crippen molar-refractivity contribution in [2.24, 2.45) is 0 Å². The maximum absolute atomic E-state index is 2.25. The van der Waals surface area contributed by atoms with Gasteiger partial charge in [-0.15, -0.1) is 11.8 Å². The average molecular weight is 128 g/mol. The molecule has 0 atom stereocenters. The van der Waals surface area contributed by atoms with E-state index in [1.165, 1.54) is 19.3 Å². The van der Waals surface area contributed by atoms with Crippen LogP contribution in [0.15, 0.2) is 10.5 Å². The van der Waals surface area contributed by atoms with Crippen LogP contribution in [-0.4, -0.2) is 6.26 Å². The van der Waals surface area contributed by atoms with Crippen LogP contribution in [0.3, 0.4) is 0 Å². The van der Waals surface area contributed by atoms with E-state index < -0.39 is 0 Å². The predicted molar refractivity (Wildman–Crippen MR) is 40.1 cm³/mol. The standard InChI is InChI=1S/C7H12S/c1-6-4-3-5-7(6)8-2/h3-5H2,1-2H3. The van der Waals surface area contributed by atoms with Crippen molar-refractivity contribution in [1.82, 2.24) is 0 Å². The van der Waals surface area contributed by atoms with Gasteiger partial charge in [0.25, 0.3) is 0 Å². The third-order valence-electron chi connectivity index (χ3n) is 1.68. The lowest BCUT2D eigenvalue weighted by molar-refractivity contribution is 0.904. The summed E-state index contributed by atoms with van der Waals surface area (Å²) in [5.41, 5.74) is 1.62. The fourth-order valence-corrected chi connectivity index (χ4v) is 1.94. The third-order valence-corrected chi connectivity index (χ3v) is 2.72. The van der Waals surface area contributed by atoms with Crippen molar-refractivity contribution in [3.63, 3.8) is 0 Å². The minimum absolute atomic E-state index is 1.34. The molecule has 1 rings (SSSR count). The predicted octanol–water partition coefficient (Wildman–Crippen LogP) is 2.81. The van der Waals surface area contributed by atoms with Gasteiger partial charge in [-0.3, -0.25) is 0 Å². The van der Waals surface area contributed by atoms with Crippen LogP contribution in [0.1, 0.15) is 26.2 Å². The monoisotopic (exact) mass is 128 g/mol. The second kappa shape index (κ2) is 2.58. The quantitative estimate of drug-likeness (QED) is 0.523. The highest BCUT2D eigenvalue weighted by Gasteiger charge is 2.07. The molecule has 0 N–H and O–H groups in total. The molecule has 0 saturated heterocycles. The first-order valence-corrected chi connectivity index (χ1v) is 4.29. The Labute approximate surface area is 55.4 Å². The molecule has 0 unspecified atom stereocenters. The highest BCUT2D eigenvalue weighted by molar-refractivity contribution is 8.02. The van der Waals surface area contributed by atoms with Crippen LogP contribution < -0.4 is 0 Å². The highest BCUT2D eigenvalue weighted by atomic mass is 32.2. The Balaban J connectivity index is 2.58. The fraction of sp³-hybridized carbons (Fsp3) is 0.714. The van der Waals surface area contributed by atoms with Crippen molar-refractivity contribution in [3.05, 3.63) is 10.5 Å². The molecule has 8 heavy (non-hydrogen) atoms. The van der Waals surface area contributed by atoms with Gasteiger partial charge in [0.2, 0.25) is 0 Å². The molecule has 1 aliphatic rings. The smallest absolute Gasteiger partial charge is 0.0140 e. The molecule has 0 aromatic rings. The van der Waals surface area contributed by atoms with Crippen LogP contribution in [0.25, 0.3) is 0 Å². The van der Waals surface area contributed by atoms with Crippen molar-refractivity contribution in [3.8, 4) is 0 Å². The lowest BCUT2D eigenvalue weighted by Crippen LogP contribution is -1.68. The normalized spacial score (nSPS) is 20.2. The fourth-order valence-electron chi connectivity index (χ4n) is 1.14. The van der Waals surface area contributed by atoms with Crippen LogP contribution in [0.5, 0.6) is 0 Å². The van der Waals surface area contributed by atoms with Crippen LogP contribution in [0, 0.1) is 0 Å². The SMILES string of the molecule is CSC1=C(C)CCC1. The molecule has 0 radical (unpaired) electrons. The zero-order valence-corrected chi connectivity index (χ0v) is 6.35. The van der Waals surface area contributed by atoms with Crippen LogP contribution in [0.2, 0.25) is 0 Å². The third kappa shape index (κ3) is 1.08. The Morgan fingerprint density at radius 2 is 2.12 bits per heavy atom. The van der Waals surface area contributed by atoms with E-state index in [0.717, 1.165) is 0 Å². The minimum Gasteiger partial charge on any atom is -0.134 e. The van der Waals surface area contributed by atoms with Gasteiger partial charge in [0.05, 0.1) is 0 Å². The van der Waals surface area contributed by atoms with Crippen molar-refractivity contribution in [1.29, 1.82) is 0 Å². The van der Waals surface area contributed by atoms with Gasteiger partial charge < -0.3 is 0 Å². The summed E-state index contributed by atoms with van der Waals surface area (Å²) in [7, 11) is 0. The van der Waals surface area contributed by atoms with E-state index in [1.807, 2.05) is 11.8 Å². The molecule has 0 fully saturated rings. The summed E-state index contributed by atoms with van der Waals surface area (Å²) in [6.45, 7) is 2.25. The molecule has 1 heteroatoms. The summed E-state index contributed by atoms with van der Waals surface area (Å²) in [5, 5.41) is 0. The maximum Gasteiger partial charge on any atom is -0.0140 e. The van der Waals surface area contributed by atoms with E-state index in [-0.39, 0.29) is 0 Å². The summed E-state index contributed by atoms with van der Waals surface area (Å²) < 4.78 is 0. The molecular formula is C7H12S. The Morgan fingerprint density at radius 1 is 1.38 bits per heavy atom. The molecule has 0 aliphatic heterocycles. The number of hydrogen-bond donors (Lipinski definition) is 0. The van der Waals surface area contributed by atoms with Crippen molar-refractivity contribution in [2.45, 2.75) is 26.2 Å². The molecule has 0 amide bonds. The maximum atomic E-state index is 2.25. The van der Waals surface area contributed by atoms with Gasteiger partial charge in [-0.05, 0) is 37.3 Å². The van der Waals surface area contributed by atoms with E-state index in [2.05, 4.69) is 13.2 Å². The zero-order chi connectivity index (χ0) is 5.98. The van der Waals surface area contributed by atoms with Crippen molar-refractivity contribution >= 4 is 11.8 Å². The molecule has 0 bridgehead atoms. The second-order valence-electron chi connectivity index (χ2n) is 2.26. The summed E-state index contributed by atoms with van der Waals surface area (Å²) in [6.07, 6.45) is 6.25. The number of thioether (sulfide) groups is 1. The lowest BCUT2D eigenvalue weighted by Gasteiger charge is -1.94. The van der Waals surface area contributed by atoms with E-state index in [4.69, 9.17) is 0 Å². The number of rotatable bonds is 1. The van der Waals surface area contributed by atoms with E-state index in [1.54, 1.807) is 10.5 Å². The van der Waals surface area contributed by atoms with E-state index >= 15 is 0 Å². The molecule has 0 saturated carbocycles. The summed E-state index contributed by atoms with van der Waals surface area (Å²) >= 11 is 1.92. The topological polar surface area (TPSA) is 0 Å². The minimum atomic E-state index is 1.34. The molecule has 0 aromatic carbocycles. The Morgan fingerprint density at radius 3 is 2.38 bits per heavy atom. The van der Waals surface area contributed by atoms with Gasteiger partial charge in [0.1, 0.15) is 0 Å². The van der Waals surface area contributed by atoms with Crippen LogP contribution in [-0.2, 0) is 0 Å². The Kier molecular flexibility index (Phi) is 2.01. The highest BCUT2D eigenvalue weighted by Crippen LogP contribution is 2.31. The Bertz CT molecular complexity index is 114. The van der Waals surface area contributed by atoms with Crippen molar-refractivity contribution in [2.75, 3.05) is 6.26 Å². The Hall–Kier alpha value is 0.0900. The first-order chi connectivity index (χ1) is 3.84. The average Bonchev–Trinajstić information content (AvgIpc) is 2.14. The van der Waals surface area contributed by atoms with E-state index in [9.17, 15) is 0 Å². The van der Waals surface area contributed by atoms with Crippen LogP contribution in [0.4, 0.5) is 0 Å². The molecule has 0 spiro atoms. The zero-order valence-electron chi connectivity index (χ0n) is 5.53. The molecule has 0 aromatic heterocycles. The van der Waals surface area contributed by atoms with Gasteiger partial charge in [-0.2, -0.15) is 0 Å². The van der Waals surface area contributed by atoms with Gasteiger partial charge in [-0.1, -0.05) is 5.57 Å². The van der Waals surface area contributed by atoms with Gasteiger partial charge in [0, 0.05) is 0 Å². The number of hydrogen-bond acceptors (Lipinski definition) is 1. The lowest BCUT2D eigenvalue weighted by atomic mass is 10.3. The first-order valence-electron chi connectivity index (χ1n) is 3.07. The summed E-state index contributed by atoms with van der Waals surface area (Å²) in [5.74, 6) is 0. The molecule has 0 nitrogen and oxygen atoms in total. The first kappa shape index (κ1) is 6.21. The summed E-state index contributed by atoms with van der Waals surface area (Å²) in [6, 6.07) is 0. The van der Waals surface area contributed by atoms with Gasteiger partial charge >= 0.3 is 0 Å². The van der Waals surface area contributed by atoms with Gasteiger partial charge in [-0.25, -0.2) is 0 Å². The second-order valence-corrected chi connectivity index (χ2v) is 3.16. The molecular weight excluding hydrogens is 116 g/mol. The van der Waals surface area contributed by atoms with Crippen molar-refractivity contribution < 1.29 is 0 Å². The number of allylic oxidation sites excluding steroid dienone is 2. The van der Waals surface area contributed by atoms with E-state index in [0.29, 0.717) is 0 Å². The van der Waals surface area contributed by atoms with Crippen LogP contribution >= 0.6 is 11.8 Å². The molecule has 1 aliphatic carbocycles. The molecule has 46 valence electrons. The largest absolute Gasteiger partial charge is 0.134 e. The van der Waals surface area contributed by atoms with Gasteiger partial charge in [0.15, 0.2) is 0 Å².